The summed E-state index contributed by atoms with van der Waals surface area (Å²) in [6, 6.07) is 1.79. The first kappa shape index (κ1) is 18.1. The number of amides is 1. The molecule has 9 heteroatoms. The lowest BCUT2D eigenvalue weighted by Crippen LogP contribution is -2.48. The molecule has 4 rings (SSSR count). The summed E-state index contributed by atoms with van der Waals surface area (Å²) in [4.78, 5) is 21.4. The summed E-state index contributed by atoms with van der Waals surface area (Å²) >= 11 is 3.48. The maximum atomic E-state index is 12.9. The maximum absolute atomic E-state index is 12.9. The number of carbonyl (C=O) groups excluding carboxylic acids is 1. The highest BCUT2D eigenvalue weighted by atomic mass is 79.9. The number of halogens is 1. The van der Waals surface area contributed by atoms with Gasteiger partial charge in [0.1, 0.15) is 0 Å². The zero-order chi connectivity index (χ0) is 19.0. The lowest BCUT2D eigenvalue weighted by Gasteiger charge is -2.34. The van der Waals surface area contributed by atoms with Crippen LogP contribution < -0.4 is 0 Å². The first-order chi connectivity index (χ1) is 13.1. The van der Waals surface area contributed by atoms with Crippen LogP contribution in [0.15, 0.2) is 29.1 Å². The van der Waals surface area contributed by atoms with Crippen LogP contribution in [-0.4, -0.2) is 66.3 Å². The molecule has 0 aliphatic carbocycles. The van der Waals surface area contributed by atoms with Gasteiger partial charge in [-0.25, -0.2) is 9.50 Å². The van der Waals surface area contributed by atoms with Crippen molar-refractivity contribution < 1.29 is 4.79 Å². The Morgan fingerprint density at radius 2 is 2.00 bits per heavy atom. The van der Waals surface area contributed by atoms with E-state index in [1.165, 1.54) is 5.56 Å². The molecule has 3 aromatic rings. The first-order valence-electron chi connectivity index (χ1n) is 9.10. The molecule has 1 fully saturated rings. The summed E-state index contributed by atoms with van der Waals surface area (Å²) in [5.74, 6) is -0.0537. The molecule has 0 saturated carbocycles. The normalized spacial score (nSPS) is 15.6. The van der Waals surface area contributed by atoms with Crippen LogP contribution in [0.4, 0.5) is 0 Å². The predicted octanol–water partition coefficient (Wildman–Crippen LogP) is 1.97. The third-order valence-electron chi connectivity index (χ3n) is 4.97. The molecule has 0 spiro atoms. The minimum absolute atomic E-state index is 0.0537. The van der Waals surface area contributed by atoms with Gasteiger partial charge in [0.25, 0.3) is 5.91 Å². The number of piperazine rings is 1. The number of rotatable bonds is 4. The Kier molecular flexibility index (Phi) is 4.96. The van der Waals surface area contributed by atoms with Crippen molar-refractivity contribution in [3.8, 4) is 0 Å². The molecular weight excluding hydrogens is 410 g/mol. The summed E-state index contributed by atoms with van der Waals surface area (Å²) in [6.45, 7) is 8.95. The smallest absolute Gasteiger partial charge is 0.275 e. The Hall–Kier alpha value is -2.26. The fourth-order valence-electron chi connectivity index (χ4n) is 3.37. The number of hydrogen-bond donors (Lipinski definition) is 0. The summed E-state index contributed by atoms with van der Waals surface area (Å²) < 4.78 is 4.25. The lowest BCUT2D eigenvalue weighted by atomic mass is 10.2. The van der Waals surface area contributed by atoms with Crippen LogP contribution in [0.25, 0.3) is 5.65 Å². The van der Waals surface area contributed by atoms with Crippen molar-refractivity contribution in [1.29, 1.82) is 0 Å². The van der Waals surface area contributed by atoms with Crippen LogP contribution in [0.1, 0.15) is 28.7 Å². The number of aryl methyl sites for hydroxylation is 2. The van der Waals surface area contributed by atoms with Crippen molar-refractivity contribution in [1.82, 2.24) is 34.2 Å². The van der Waals surface area contributed by atoms with Crippen molar-refractivity contribution in [2.45, 2.75) is 26.9 Å². The Balaban J connectivity index is 1.41. The van der Waals surface area contributed by atoms with Gasteiger partial charge in [0.2, 0.25) is 0 Å². The van der Waals surface area contributed by atoms with E-state index in [4.69, 9.17) is 0 Å². The Morgan fingerprint density at radius 3 is 2.67 bits per heavy atom. The molecule has 0 radical (unpaired) electrons. The molecule has 3 aromatic heterocycles. The highest BCUT2D eigenvalue weighted by Crippen LogP contribution is 2.22. The van der Waals surface area contributed by atoms with E-state index >= 15 is 0 Å². The monoisotopic (exact) mass is 431 g/mol. The van der Waals surface area contributed by atoms with Crippen molar-refractivity contribution in [3.63, 3.8) is 0 Å². The topological polar surface area (TPSA) is 71.6 Å². The van der Waals surface area contributed by atoms with Gasteiger partial charge in [0, 0.05) is 63.4 Å². The maximum Gasteiger partial charge on any atom is 0.275 e. The fourth-order valence-corrected chi connectivity index (χ4v) is 3.90. The number of nitrogens with zero attached hydrogens (tertiary/aromatic N) is 7. The summed E-state index contributed by atoms with van der Waals surface area (Å²) in [7, 11) is 0. The molecule has 8 nitrogen and oxygen atoms in total. The fraction of sp³-hybridized carbons (Fsp3) is 0.444. The standard InChI is InChI=1S/C18H22BrN7O/c1-3-25-12-14(13(2)21-25)11-23-7-9-24(10-8-23)18(27)16-15(19)17-20-5-4-6-26(17)22-16/h4-6,12H,3,7-11H2,1-2H3. The average molecular weight is 432 g/mol. The molecule has 1 amide bonds. The van der Waals surface area contributed by atoms with Crippen LogP contribution in [0.2, 0.25) is 0 Å². The van der Waals surface area contributed by atoms with Gasteiger partial charge in [-0.2, -0.15) is 10.2 Å². The molecule has 1 aliphatic rings. The predicted molar refractivity (Wildman–Crippen MR) is 105 cm³/mol. The van der Waals surface area contributed by atoms with Gasteiger partial charge in [-0.1, -0.05) is 0 Å². The zero-order valence-corrected chi connectivity index (χ0v) is 17.1. The van der Waals surface area contributed by atoms with E-state index in [0.717, 1.165) is 31.9 Å². The van der Waals surface area contributed by atoms with E-state index in [0.29, 0.717) is 28.9 Å². The van der Waals surface area contributed by atoms with Crippen molar-refractivity contribution in [2.75, 3.05) is 26.2 Å². The van der Waals surface area contributed by atoms with E-state index in [2.05, 4.69) is 56.1 Å². The molecular formula is C18H22BrN7O. The van der Waals surface area contributed by atoms with Crippen LogP contribution in [0, 0.1) is 6.92 Å². The van der Waals surface area contributed by atoms with E-state index < -0.39 is 0 Å². The number of aromatic nitrogens is 5. The van der Waals surface area contributed by atoms with Crippen LogP contribution in [0.5, 0.6) is 0 Å². The second-order valence-corrected chi connectivity index (χ2v) is 7.51. The van der Waals surface area contributed by atoms with E-state index in [1.807, 2.05) is 9.58 Å². The molecule has 4 heterocycles. The van der Waals surface area contributed by atoms with Gasteiger partial charge in [-0.3, -0.25) is 14.4 Å². The Labute approximate surface area is 165 Å². The highest BCUT2D eigenvalue weighted by molar-refractivity contribution is 9.10. The molecule has 1 aliphatic heterocycles. The largest absolute Gasteiger partial charge is 0.335 e. The summed E-state index contributed by atoms with van der Waals surface area (Å²) in [5, 5.41) is 8.90. The number of carbonyl (C=O) groups is 1. The number of fused-ring (bicyclic) bond motifs is 1. The van der Waals surface area contributed by atoms with E-state index in [-0.39, 0.29) is 5.91 Å². The molecule has 142 valence electrons. The quantitative estimate of drug-likeness (QED) is 0.631. The van der Waals surface area contributed by atoms with Crippen molar-refractivity contribution in [2.24, 2.45) is 0 Å². The van der Waals surface area contributed by atoms with Crippen molar-refractivity contribution >= 4 is 27.5 Å². The van der Waals surface area contributed by atoms with Gasteiger partial charge in [0.05, 0.1) is 10.2 Å². The molecule has 27 heavy (non-hydrogen) atoms. The second kappa shape index (κ2) is 7.40. The van der Waals surface area contributed by atoms with Gasteiger partial charge < -0.3 is 4.90 Å². The Morgan fingerprint density at radius 1 is 1.22 bits per heavy atom. The minimum Gasteiger partial charge on any atom is -0.335 e. The summed E-state index contributed by atoms with van der Waals surface area (Å²) in [5.41, 5.74) is 3.41. The van der Waals surface area contributed by atoms with E-state index in [1.54, 1.807) is 23.0 Å². The van der Waals surface area contributed by atoms with Gasteiger partial charge >= 0.3 is 0 Å². The first-order valence-corrected chi connectivity index (χ1v) is 9.89. The molecule has 0 N–H and O–H groups in total. The Bertz CT molecular complexity index is 971. The van der Waals surface area contributed by atoms with Crippen LogP contribution >= 0.6 is 15.9 Å². The number of hydrogen-bond acceptors (Lipinski definition) is 5. The third-order valence-corrected chi connectivity index (χ3v) is 5.70. The van der Waals surface area contributed by atoms with Crippen LogP contribution in [0.3, 0.4) is 0 Å². The molecule has 0 aromatic carbocycles. The minimum atomic E-state index is -0.0537. The van der Waals surface area contributed by atoms with Crippen molar-refractivity contribution in [3.05, 3.63) is 46.1 Å². The molecule has 1 saturated heterocycles. The zero-order valence-electron chi connectivity index (χ0n) is 15.5. The lowest BCUT2D eigenvalue weighted by molar-refractivity contribution is 0.0621. The summed E-state index contributed by atoms with van der Waals surface area (Å²) in [6.07, 6.45) is 5.60. The van der Waals surface area contributed by atoms with Gasteiger partial charge in [-0.05, 0) is 35.8 Å². The van der Waals surface area contributed by atoms with Gasteiger partial charge in [0.15, 0.2) is 11.3 Å². The molecule has 0 atom stereocenters. The van der Waals surface area contributed by atoms with Crippen LogP contribution in [-0.2, 0) is 13.1 Å². The molecule has 0 bridgehead atoms. The average Bonchev–Trinajstić information content (AvgIpc) is 3.22. The SMILES string of the molecule is CCn1cc(CN2CCN(C(=O)c3nn4cccnc4c3Br)CC2)c(C)n1. The third kappa shape index (κ3) is 3.49. The van der Waals surface area contributed by atoms with E-state index in [9.17, 15) is 4.79 Å². The molecule has 0 unspecified atom stereocenters. The van der Waals surface area contributed by atoms with Gasteiger partial charge in [-0.15, -0.1) is 0 Å². The highest BCUT2D eigenvalue weighted by Gasteiger charge is 2.27. The second-order valence-electron chi connectivity index (χ2n) is 6.71.